The lowest BCUT2D eigenvalue weighted by molar-refractivity contribution is -0.161. The van der Waals surface area contributed by atoms with Crippen LogP contribution in [-0.2, 0) is 65.4 Å². The zero-order valence-corrected chi connectivity index (χ0v) is 69.0. The van der Waals surface area contributed by atoms with E-state index >= 15 is 0 Å². The van der Waals surface area contributed by atoms with E-state index < -0.39 is 97.5 Å². The Bertz CT molecular complexity index is 2710. The van der Waals surface area contributed by atoms with Gasteiger partial charge in [-0.1, -0.05) is 301 Å². The third-order valence-electron chi connectivity index (χ3n) is 16.7. The first kappa shape index (κ1) is 102. The van der Waals surface area contributed by atoms with Gasteiger partial charge in [0.25, 0.3) is 0 Å². The summed E-state index contributed by atoms with van der Waals surface area (Å²) >= 11 is 0. The first-order chi connectivity index (χ1) is 52.7. The van der Waals surface area contributed by atoms with Crippen LogP contribution in [0.25, 0.3) is 0 Å². The van der Waals surface area contributed by atoms with Crippen molar-refractivity contribution in [2.45, 2.75) is 329 Å². The SMILES string of the molecule is CC/C=C\C/C=C\C/C=C\C/C=C\C/C=C\CCCCCC(=O)O[C@H](COC(=O)CCC/C=C\C/C=C\C/C=C\C/C=C\CCCCC)COP(=O)(O)OC[C@@H](O)COP(=O)(O)OC[C@@H](COC(=O)CCCCCCCCCCCCCCC)OC(=O)CCCCC/C=C\C/C=C\C/C=C\C/C=C\C/C=C\CC. The maximum absolute atomic E-state index is 13.1. The van der Waals surface area contributed by atoms with E-state index in [1.165, 1.54) is 70.6 Å². The highest BCUT2D eigenvalue weighted by Crippen LogP contribution is 2.45. The average molecular weight is 1550 g/mol. The molecule has 614 valence electrons. The highest BCUT2D eigenvalue weighted by molar-refractivity contribution is 7.47. The van der Waals surface area contributed by atoms with Crippen LogP contribution in [0.5, 0.6) is 0 Å². The minimum Gasteiger partial charge on any atom is -0.462 e. The normalized spacial score (nSPS) is 14.7. The number of hydrogen-bond donors (Lipinski definition) is 3. The first-order valence-corrected chi connectivity index (χ1v) is 44.4. The van der Waals surface area contributed by atoms with Crippen LogP contribution in [0.15, 0.2) is 170 Å². The molecular formula is C89H146O17P2. The maximum Gasteiger partial charge on any atom is 0.472 e. The highest BCUT2D eigenvalue weighted by atomic mass is 31.2. The quantitative estimate of drug-likeness (QED) is 0.0169. The van der Waals surface area contributed by atoms with Crippen molar-refractivity contribution in [1.29, 1.82) is 0 Å². The molecule has 0 heterocycles. The third-order valence-corrected chi connectivity index (χ3v) is 18.6. The number of aliphatic hydroxyl groups is 1. The molecule has 0 aromatic carbocycles. The molecule has 0 radical (unpaired) electrons. The van der Waals surface area contributed by atoms with Crippen LogP contribution in [-0.4, -0.2) is 96.7 Å². The number of phosphoric ester groups is 2. The molecule has 0 aliphatic heterocycles. The Morgan fingerprint density at radius 1 is 0.269 bits per heavy atom. The molecule has 0 saturated heterocycles. The Kier molecular flexibility index (Phi) is 75.4. The van der Waals surface area contributed by atoms with Crippen LogP contribution < -0.4 is 0 Å². The van der Waals surface area contributed by atoms with Gasteiger partial charge in [-0.2, -0.15) is 0 Å². The van der Waals surface area contributed by atoms with E-state index in [0.29, 0.717) is 32.1 Å². The molecule has 0 spiro atoms. The molecule has 17 nitrogen and oxygen atoms in total. The summed E-state index contributed by atoms with van der Waals surface area (Å²) in [4.78, 5) is 73.1. The number of unbranched alkanes of at least 4 members (excludes halogenated alkanes) is 22. The summed E-state index contributed by atoms with van der Waals surface area (Å²) in [5.74, 6) is -2.32. The minimum atomic E-state index is -5.01. The number of aliphatic hydroxyl groups excluding tert-OH is 1. The Hall–Kier alpha value is -5.58. The second kappa shape index (κ2) is 79.5. The van der Waals surface area contributed by atoms with Gasteiger partial charge in [-0.15, -0.1) is 0 Å². The Labute approximate surface area is 654 Å². The van der Waals surface area contributed by atoms with Crippen LogP contribution in [0.4, 0.5) is 0 Å². The summed E-state index contributed by atoms with van der Waals surface area (Å²) < 4.78 is 68.6. The van der Waals surface area contributed by atoms with E-state index in [0.717, 1.165) is 154 Å². The maximum atomic E-state index is 13.1. The van der Waals surface area contributed by atoms with Crippen molar-refractivity contribution >= 4 is 39.5 Å². The fourth-order valence-electron chi connectivity index (χ4n) is 10.4. The van der Waals surface area contributed by atoms with E-state index in [2.05, 4.69) is 186 Å². The summed E-state index contributed by atoms with van der Waals surface area (Å²) in [6.45, 7) is 4.48. The van der Waals surface area contributed by atoms with Crippen molar-refractivity contribution in [1.82, 2.24) is 0 Å². The number of ether oxygens (including phenoxy) is 4. The lowest BCUT2D eigenvalue weighted by Crippen LogP contribution is -2.30. The lowest BCUT2D eigenvalue weighted by atomic mass is 10.0. The van der Waals surface area contributed by atoms with E-state index in [4.69, 9.17) is 37.0 Å². The van der Waals surface area contributed by atoms with Crippen LogP contribution in [0.1, 0.15) is 310 Å². The lowest BCUT2D eigenvalue weighted by Gasteiger charge is -2.21. The second-order valence-corrected chi connectivity index (χ2v) is 29.9. The number of hydrogen-bond acceptors (Lipinski definition) is 15. The van der Waals surface area contributed by atoms with Gasteiger partial charge < -0.3 is 33.8 Å². The highest BCUT2D eigenvalue weighted by Gasteiger charge is 2.30. The van der Waals surface area contributed by atoms with Crippen LogP contribution in [0.2, 0.25) is 0 Å². The molecule has 108 heavy (non-hydrogen) atoms. The molecule has 0 fully saturated rings. The molecule has 0 bridgehead atoms. The summed E-state index contributed by atoms with van der Waals surface area (Å²) in [5, 5.41) is 10.7. The van der Waals surface area contributed by atoms with Gasteiger partial charge in [-0.3, -0.25) is 37.3 Å². The Morgan fingerprint density at radius 2 is 0.491 bits per heavy atom. The summed E-state index contributed by atoms with van der Waals surface area (Å²) in [6.07, 6.45) is 94.7. The van der Waals surface area contributed by atoms with Gasteiger partial charge in [0.2, 0.25) is 0 Å². The van der Waals surface area contributed by atoms with Gasteiger partial charge in [0.05, 0.1) is 26.4 Å². The summed E-state index contributed by atoms with van der Waals surface area (Å²) in [5.41, 5.74) is 0. The Balaban J connectivity index is 5.50. The monoisotopic (exact) mass is 1550 g/mol. The number of phosphoric acid groups is 2. The molecule has 2 unspecified atom stereocenters. The summed E-state index contributed by atoms with van der Waals surface area (Å²) in [6, 6.07) is 0. The standard InChI is InChI=1S/C89H146O17P2/c1-5-9-13-17-21-25-29-33-36-39-41-44-47-51-55-59-63-67-71-75-88(93)105-84(79-99-86(91)73-69-65-61-57-53-49-32-28-24-20-16-12-8-4)81-103-107(95,96)101-77-83(90)78-102-108(97,98)104-82-85(80-100-87(92)74-70-66-62-58-54-50-46-43-38-35-31-27-23-19-15-11-7-3)106-89(94)76-72-68-64-60-56-52-48-45-42-40-37-34-30-26-22-18-14-10-6-2/h9-10,13-14,21-23,25-27,33-38,41-42,44-46,50-52,55-56,58,62,83-85,90H,5-8,11-12,15-20,24,28-32,39-40,43,47-49,53-54,57,59-61,63-82H2,1-4H3,(H,95,96)(H,97,98)/b13-9-,14-10-,25-21-,26-22-,27-23-,36-33-,37-34-,38-35-,44-41-,45-42-,50-46-,55-51-,56-52-,62-58-/t83-,84+,85+/m0/s1. The van der Waals surface area contributed by atoms with Crippen molar-refractivity contribution in [3.63, 3.8) is 0 Å². The number of esters is 4. The zero-order chi connectivity index (χ0) is 78.9. The van der Waals surface area contributed by atoms with Gasteiger partial charge in [0, 0.05) is 25.7 Å². The van der Waals surface area contributed by atoms with Crippen molar-refractivity contribution in [2.24, 2.45) is 0 Å². The van der Waals surface area contributed by atoms with Crippen LogP contribution in [0.3, 0.4) is 0 Å². The molecule has 19 heteroatoms. The Morgan fingerprint density at radius 3 is 0.796 bits per heavy atom. The van der Waals surface area contributed by atoms with Gasteiger partial charge in [-0.05, 0) is 154 Å². The molecule has 0 aliphatic carbocycles. The molecule has 0 aliphatic rings. The van der Waals surface area contributed by atoms with Crippen molar-refractivity contribution < 1.29 is 80.2 Å². The fourth-order valence-corrected chi connectivity index (χ4v) is 12.0. The topological polar surface area (TPSA) is 237 Å². The van der Waals surface area contributed by atoms with Crippen LogP contribution >= 0.6 is 15.6 Å². The number of rotatable bonds is 76. The third kappa shape index (κ3) is 78.5. The predicted octanol–water partition coefficient (Wildman–Crippen LogP) is 24.6. The van der Waals surface area contributed by atoms with E-state index in [1.807, 2.05) is 12.2 Å². The molecule has 0 aromatic rings. The van der Waals surface area contributed by atoms with Crippen molar-refractivity contribution in [2.75, 3.05) is 39.6 Å². The van der Waals surface area contributed by atoms with Gasteiger partial charge in [0.1, 0.15) is 19.3 Å². The van der Waals surface area contributed by atoms with Crippen LogP contribution in [0, 0.1) is 0 Å². The van der Waals surface area contributed by atoms with Crippen molar-refractivity contribution in [3.8, 4) is 0 Å². The fraction of sp³-hybridized carbons (Fsp3) is 0.640. The van der Waals surface area contributed by atoms with Crippen molar-refractivity contribution in [3.05, 3.63) is 170 Å². The zero-order valence-electron chi connectivity index (χ0n) is 67.2. The van der Waals surface area contributed by atoms with Gasteiger partial charge >= 0.3 is 39.5 Å². The molecule has 0 rings (SSSR count). The second-order valence-electron chi connectivity index (χ2n) is 27.0. The molecule has 0 aromatic heterocycles. The molecular weight excluding hydrogens is 1400 g/mol. The van der Waals surface area contributed by atoms with E-state index in [9.17, 15) is 43.2 Å². The largest absolute Gasteiger partial charge is 0.472 e. The first-order valence-electron chi connectivity index (χ1n) is 41.4. The predicted molar refractivity (Wildman–Crippen MR) is 445 cm³/mol. The smallest absolute Gasteiger partial charge is 0.462 e. The van der Waals surface area contributed by atoms with Gasteiger partial charge in [0.15, 0.2) is 12.2 Å². The van der Waals surface area contributed by atoms with E-state index in [1.54, 1.807) is 0 Å². The van der Waals surface area contributed by atoms with Gasteiger partial charge in [-0.25, -0.2) is 9.13 Å². The van der Waals surface area contributed by atoms with E-state index in [-0.39, 0.29) is 25.7 Å². The average Bonchev–Trinajstić information content (AvgIpc) is 0.898. The summed E-state index contributed by atoms with van der Waals surface area (Å²) in [7, 11) is -10.0. The number of allylic oxidation sites excluding steroid dienone is 28. The minimum absolute atomic E-state index is 0.0375. The molecule has 3 N–H and O–H groups in total. The number of carbonyl (C=O) groups excluding carboxylic acids is 4. The molecule has 0 amide bonds. The number of carbonyl (C=O) groups is 4. The molecule has 5 atom stereocenters. The molecule has 0 saturated carbocycles.